The van der Waals surface area contributed by atoms with Crippen molar-refractivity contribution in [3.05, 3.63) is 53.9 Å². The average Bonchev–Trinajstić information content (AvgIpc) is 2.47. The van der Waals surface area contributed by atoms with E-state index in [-0.39, 0.29) is 11.4 Å². The van der Waals surface area contributed by atoms with E-state index >= 15 is 0 Å². The maximum absolute atomic E-state index is 12.5. The summed E-state index contributed by atoms with van der Waals surface area (Å²) in [6.07, 6.45) is 1.60. The summed E-state index contributed by atoms with van der Waals surface area (Å²) in [7, 11) is -3.73. The Hall–Kier alpha value is -2.36. The molecule has 2 aromatic rings. The number of pyridine rings is 1. The molecule has 0 atom stereocenters. The van der Waals surface area contributed by atoms with E-state index in [4.69, 9.17) is 5.73 Å². The maximum Gasteiger partial charge on any atom is 0.263 e. The van der Waals surface area contributed by atoms with Crippen LogP contribution in [0.15, 0.2) is 47.5 Å². The van der Waals surface area contributed by atoms with Gasteiger partial charge in [0.25, 0.3) is 10.0 Å². The van der Waals surface area contributed by atoms with Crippen LogP contribution in [0, 0.1) is 18.8 Å². The molecule has 0 fully saturated rings. The number of aryl methyl sites for hydroxylation is 1. The summed E-state index contributed by atoms with van der Waals surface area (Å²) in [4.78, 5) is 4.18. The normalized spacial score (nSPS) is 10.6. The van der Waals surface area contributed by atoms with Gasteiger partial charge in [0.05, 0.1) is 17.9 Å². The van der Waals surface area contributed by atoms with Gasteiger partial charge in [0.1, 0.15) is 4.90 Å². The molecule has 5 nitrogen and oxygen atoms in total. The number of anilines is 1. The smallest absolute Gasteiger partial charge is 0.263 e. The van der Waals surface area contributed by atoms with Crippen molar-refractivity contribution in [1.82, 2.24) is 4.98 Å². The molecule has 6 heteroatoms. The van der Waals surface area contributed by atoms with Gasteiger partial charge in [-0.05, 0) is 31.2 Å². The van der Waals surface area contributed by atoms with Gasteiger partial charge in [0.15, 0.2) is 0 Å². The first kappa shape index (κ1) is 15.0. The Bertz CT molecular complexity index is 805. The van der Waals surface area contributed by atoms with Gasteiger partial charge in [-0.15, -0.1) is 0 Å². The number of aromatic nitrogens is 1. The summed E-state index contributed by atoms with van der Waals surface area (Å²) < 4.78 is 27.5. The van der Waals surface area contributed by atoms with Gasteiger partial charge in [0, 0.05) is 11.8 Å². The number of nitrogens with two attached hydrogens (primary N) is 1. The number of hydrogen-bond acceptors (Lipinski definition) is 4. The highest BCUT2D eigenvalue weighted by Gasteiger charge is 2.18. The molecule has 1 aromatic carbocycles. The van der Waals surface area contributed by atoms with Crippen molar-refractivity contribution < 1.29 is 8.42 Å². The molecule has 21 heavy (non-hydrogen) atoms. The number of hydrogen-bond donors (Lipinski definition) is 2. The largest absolute Gasteiger partial charge is 0.320 e. The van der Waals surface area contributed by atoms with Crippen molar-refractivity contribution in [1.29, 1.82) is 0 Å². The first-order chi connectivity index (χ1) is 10.0. The van der Waals surface area contributed by atoms with Gasteiger partial charge in [-0.1, -0.05) is 24.0 Å². The first-order valence-corrected chi connectivity index (χ1v) is 7.75. The van der Waals surface area contributed by atoms with E-state index < -0.39 is 10.0 Å². The fourth-order valence-corrected chi connectivity index (χ4v) is 3.02. The zero-order valence-electron chi connectivity index (χ0n) is 11.5. The number of nitrogens with zero attached hydrogens (tertiary/aromatic N) is 1. The van der Waals surface area contributed by atoms with Gasteiger partial charge < -0.3 is 5.73 Å². The van der Waals surface area contributed by atoms with Crippen molar-refractivity contribution in [2.45, 2.75) is 11.8 Å². The zero-order chi connectivity index (χ0) is 15.3. The van der Waals surface area contributed by atoms with Crippen LogP contribution >= 0.6 is 0 Å². The van der Waals surface area contributed by atoms with Crippen LogP contribution in [0.4, 0.5) is 5.69 Å². The summed E-state index contributed by atoms with van der Waals surface area (Å²) in [6.45, 7) is 1.90. The SMILES string of the molecule is Cc1ncccc1NS(=O)(=O)c1ccccc1C#CCN. The summed E-state index contributed by atoms with van der Waals surface area (Å²) in [6, 6.07) is 9.87. The second-order valence-electron chi connectivity index (χ2n) is 4.24. The third-order valence-electron chi connectivity index (χ3n) is 2.75. The second kappa shape index (κ2) is 6.39. The Balaban J connectivity index is 2.43. The Morgan fingerprint density at radius 2 is 2.00 bits per heavy atom. The van der Waals surface area contributed by atoms with E-state index in [9.17, 15) is 8.42 Å². The molecule has 1 aromatic heterocycles. The van der Waals surface area contributed by atoms with Crippen LogP contribution in [-0.4, -0.2) is 19.9 Å². The van der Waals surface area contributed by atoms with Crippen LogP contribution in [0.2, 0.25) is 0 Å². The summed E-state index contributed by atoms with van der Waals surface area (Å²) in [5.74, 6) is 5.44. The van der Waals surface area contributed by atoms with Gasteiger partial charge in [-0.25, -0.2) is 8.42 Å². The molecule has 0 bridgehead atoms. The zero-order valence-corrected chi connectivity index (χ0v) is 12.3. The minimum Gasteiger partial charge on any atom is -0.320 e. The lowest BCUT2D eigenvalue weighted by Crippen LogP contribution is -2.15. The summed E-state index contributed by atoms with van der Waals surface area (Å²) in [5, 5.41) is 0. The maximum atomic E-state index is 12.5. The lowest BCUT2D eigenvalue weighted by Gasteiger charge is -2.11. The highest BCUT2D eigenvalue weighted by Crippen LogP contribution is 2.20. The Morgan fingerprint density at radius 1 is 1.24 bits per heavy atom. The number of sulfonamides is 1. The molecule has 0 saturated heterocycles. The van der Waals surface area contributed by atoms with Crippen LogP contribution in [0.5, 0.6) is 0 Å². The van der Waals surface area contributed by atoms with Crippen molar-refractivity contribution in [3.63, 3.8) is 0 Å². The van der Waals surface area contributed by atoms with E-state index in [1.54, 1.807) is 43.5 Å². The molecule has 2 rings (SSSR count). The summed E-state index contributed by atoms with van der Waals surface area (Å²) in [5.41, 5.74) is 6.79. The molecule has 0 saturated carbocycles. The van der Waals surface area contributed by atoms with Crippen LogP contribution in [0.1, 0.15) is 11.3 Å². The minimum absolute atomic E-state index is 0.120. The van der Waals surface area contributed by atoms with E-state index in [0.29, 0.717) is 16.9 Å². The van der Waals surface area contributed by atoms with Gasteiger partial charge in [-0.3, -0.25) is 9.71 Å². The van der Waals surface area contributed by atoms with Crippen molar-refractivity contribution >= 4 is 15.7 Å². The highest BCUT2D eigenvalue weighted by molar-refractivity contribution is 7.92. The Morgan fingerprint density at radius 3 is 2.71 bits per heavy atom. The molecule has 0 amide bonds. The Kier molecular flexibility index (Phi) is 4.58. The lowest BCUT2D eigenvalue weighted by atomic mass is 10.2. The first-order valence-electron chi connectivity index (χ1n) is 6.27. The van der Waals surface area contributed by atoms with Crippen molar-refractivity contribution in [3.8, 4) is 11.8 Å². The number of benzene rings is 1. The molecule has 1 heterocycles. The van der Waals surface area contributed by atoms with E-state index in [2.05, 4.69) is 21.5 Å². The summed E-state index contributed by atoms with van der Waals surface area (Å²) >= 11 is 0. The lowest BCUT2D eigenvalue weighted by molar-refractivity contribution is 0.601. The Labute approximate surface area is 124 Å². The quantitative estimate of drug-likeness (QED) is 0.841. The van der Waals surface area contributed by atoms with Crippen LogP contribution in [0.25, 0.3) is 0 Å². The molecule has 3 N–H and O–H groups in total. The molecule has 0 radical (unpaired) electrons. The van der Waals surface area contributed by atoms with Crippen molar-refractivity contribution in [2.75, 3.05) is 11.3 Å². The average molecular weight is 301 g/mol. The van der Waals surface area contributed by atoms with Crippen LogP contribution in [-0.2, 0) is 10.0 Å². The third-order valence-corrected chi connectivity index (χ3v) is 4.18. The number of nitrogens with one attached hydrogen (secondary N) is 1. The number of rotatable bonds is 3. The van der Waals surface area contributed by atoms with E-state index in [1.807, 2.05) is 0 Å². The standard InChI is InChI=1S/C15H15N3O2S/c1-12-14(8-5-11-17-12)18-21(19,20)15-9-3-2-6-13(15)7-4-10-16/h2-3,5-6,8-9,11,18H,10,16H2,1H3. The van der Waals surface area contributed by atoms with Gasteiger partial charge in [-0.2, -0.15) is 0 Å². The highest BCUT2D eigenvalue weighted by atomic mass is 32.2. The molecule has 0 spiro atoms. The minimum atomic E-state index is -3.73. The second-order valence-corrected chi connectivity index (χ2v) is 5.89. The van der Waals surface area contributed by atoms with Gasteiger partial charge in [0.2, 0.25) is 0 Å². The van der Waals surface area contributed by atoms with Crippen LogP contribution < -0.4 is 10.5 Å². The van der Waals surface area contributed by atoms with Gasteiger partial charge >= 0.3 is 0 Å². The van der Waals surface area contributed by atoms with Crippen molar-refractivity contribution in [2.24, 2.45) is 5.73 Å². The molecule has 0 aliphatic rings. The molecule has 0 aliphatic carbocycles. The monoisotopic (exact) mass is 301 g/mol. The predicted molar refractivity (Wildman–Crippen MR) is 82.2 cm³/mol. The molecule has 0 aliphatic heterocycles. The van der Waals surface area contributed by atoms with Crippen LogP contribution in [0.3, 0.4) is 0 Å². The molecule has 0 unspecified atom stereocenters. The fraction of sp³-hybridized carbons (Fsp3) is 0.133. The van der Waals surface area contributed by atoms with E-state index in [1.165, 1.54) is 6.07 Å². The van der Waals surface area contributed by atoms with E-state index in [0.717, 1.165) is 0 Å². The molecule has 108 valence electrons. The topological polar surface area (TPSA) is 85.1 Å². The molecular weight excluding hydrogens is 286 g/mol. The predicted octanol–water partition coefficient (Wildman–Crippen LogP) is 1.50. The molecular formula is C15H15N3O2S. The third kappa shape index (κ3) is 3.60. The fourth-order valence-electron chi connectivity index (χ4n) is 1.74.